The summed E-state index contributed by atoms with van der Waals surface area (Å²) in [6, 6.07) is 6.13. The van der Waals surface area contributed by atoms with Crippen LogP contribution in [0.1, 0.15) is 25.5 Å². The van der Waals surface area contributed by atoms with E-state index in [-0.39, 0.29) is 28.0 Å². The number of aromatic nitrogens is 5. The Labute approximate surface area is 175 Å². The lowest BCUT2D eigenvalue weighted by atomic mass is 10.2. The molecule has 1 atom stereocenters. The number of nitrogens with zero attached hydrogens (tertiary/aromatic N) is 5. The third kappa shape index (κ3) is 4.69. The highest BCUT2D eigenvalue weighted by atomic mass is 35.5. The Morgan fingerprint density at radius 1 is 1.27 bits per heavy atom. The topological polar surface area (TPSA) is 124 Å². The molecule has 3 aromatic rings. The van der Waals surface area contributed by atoms with Crippen molar-refractivity contribution in [2.75, 3.05) is 10.6 Å². The molecule has 2 N–H and O–H groups in total. The molecule has 0 aromatic carbocycles. The number of hydrogen-bond donors (Lipinski definition) is 2. The van der Waals surface area contributed by atoms with Crippen molar-refractivity contribution in [3.63, 3.8) is 0 Å². The van der Waals surface area contributed by atoms with E-state index in [1.807, 2.05) is 0 Å². The van der Waals surface area contributed by atoms with E-state index >= 15 is 0 Å². The zero-order valence-electron chi connectivity index (χ0n) is 16.2. The normalized spacial score (nSPS) is 11.6. The van der Waals surface area contributed by atoms with Crippen molar-refractivity contribution >= 4 is 35.1 Å². The van der Waals surface area contributed by atoms with E-state index in [4.69, 9.17) is 16.3 Å². The van der Waals surface area contributed by atoms with Gasteiger partial charge in [0.25, 0.3) is 0 Å². The van der Waals surface area contributed by atoms with Crippen LogP contribution in [0.2, 0.25) is 5.15 Å². The second kappa shape index (κ2) is 8.82. The van der Waals surface area contributed by atoms with E-state index in [2.05, 4.69) is 30.9 Å². The Bertz CT molecular complexity index is 1110. The number of carbonyl (C=O) groups excluding carboxylic acids is 2. The molecule has 0 unspecified atom stereocenters. The molecule has 30 heavy (non-hydrogen) atoms. The first kappa shape index (κ1) is 21.1. The average molecular weight is 434 g/mol. The van der Waals surface area contributed by atoms with Crippen LogP contribution in [0, 0.1) is 5.95 Å². The third-order valence-electron chi connectivity index (χ3n) is 3.96. The van der Waals surface area contributed by atoms with Gasteiger partial charge in [-0.1, -0.05) is 22.9 Å². The van der Waals surface area contributed by atoms with Crippen molar-refractivity contribution < 1.29 is 18.7 Å². The summed E-state index contributed by atoms with van der Waals surface area (Å²) in [7, 11) is 1.54. The summed E-state index contributed by atoms with van der Waals surface area (Å²) in [6.07, 6.45) is 0.0444. The number of hydrogen-bond acceptors (Lipinski definition) is 7. The first-order chi connectivity index (χ1) is 14.3. The first-order valence-electron chi connectivity index (χ1n) is 8.68. The maximum Gasteiger partial charge on any atom is 0.413 e. The van der Waals surface area contributed by atoms with Crippen molar-refractivity contribution in [3.8, 4) is 11.4 Å². The molecule has 0 fully saturated rings. The molecule has 0 radical (unpaired) electrons. The van der Waals surface area contributed by atoms with Crippen molar-refractivity contribution in [1.82, 2.24) is 25.0 Å². The van der Waals surface area contributed by atoms with Crippen LogP contribution in [0.15, 0.2) is 30.5 Å². The maximum absolute atomic E-state index is 14.2. The molecule has 3 aromatic heterocycles. The van der Waals surface area contributed by atoms with Crippen LogP contribution in [-0.4, -0.2) is 37.0 Å². The van der Waals surface area contributed by atoms with Crippen LogP contribution in [0.25, 0.3) is 11.4 Å². The van der Waals surface area contributed by atoms with Crippen LogP contribution >= 0.6 is 11.6 Å². The quantitative estimate of drug-likeness (QED) is 0.591. The standard InChI is InChI=1S/C18H17ClFN7O3/c1-9(11-5-4-8-21-15(11)19)30-18(29)24-17-14(25-26-27(17)3)12-6-7-13(16(20)23-12)22-10(2)28/h4-9H,1-3H3,(H,22,28)(H,24,29)/t9-/m1/s1. The number of pyridine rings is 2. The summed E-state index contributed by atoms with van der Waals surface area (Å²) in [5.74, 6) is -1.19. The Balaban J connectivity index is 1.79. The zero-order chi connectivity index (χ0) is 21.8. The molecule has 0 aliphatic carbocycles. The van der Waals surface area contributed by atoms with Crippen molar-refractivity contribution in [3.05, 3.63) is 47.1 Å². The number of rotatable bonds is 5. The summed E-state index contributed by atoms with van der Waals surface area (Å²) in [5.41, 5.74) is 0.685. The second-order valence-corrected chi connectivity index (χ2v) is 6.54. The van der Waals surface area contributed by atoms with Gasteiger partial charge in [0, 0.05) is 25.7 Å². The molecule has 3 heterocycles. The molecule has 0 saturated carbocycles. The van der Waals surface area contributed by atoms with Gasteiger partial charge in [-0.2, -0.15) is 4.39 Å². The summed E-state index contributed by atoms with van der Waals surface area (Å²) < 4.78 is 20.8. The number of halogens is 2. The fourth-order valence-corrected chi connectivity index (χ4v) is 2.84. The van der Waals surface area contributed by atoms with E-state index in [9.17, 15) is 14.0 Å². The van der Waals surface area contributed by atoms with Gasteiger partial charge in [0.05, 0.1) is 11.4 Å². The van der Waals surface area contributed by atoms with E-state index < -0.39 is 24.1 Å². The van der Waals surface area contributed by atoms with Crippen LogP contribution < -0.4 is 10.6 Å². The smallest absolute Gasteiger partial charge is 0.413 e. The summed E-state index contributed by atoms with van der Waals surface area (Å²) in [6.45, 7) is 2.89. The van der Waals surface area contributed by atoms with Gasteiger partial charge in [-0.05, 0) is 25.1 Å². The predicted molar refractivity (Wildman–Crippen MR) is 106 cm³/mol. The fourth-order valence-electron chi connectivity index (χ4n) is 2.57. The minimum absolute atomic E-state index is 0.0776. The Hall–Kier alpha value is -3.60. The highest BCUT2D eigenvalue weighted by Gasteiger charge is 2.21. The molecular formula is C18H17ClFN7O3. The van der Waals surface area contributed by atoms with E-state index in [1.165, 1.54) is 37.0 Å². The highest BCUT2D eigenvalue weighted by molar-refractivity contribution is 6.30. The number of aryl methyl sites for hydroxylation is 1. The second-order valence-electron chi connectivity index (χ2n) is 6.18. The van der Waals surface area contributed by atoms with Gasteiger partial charge in [-0.25, -0.2) is 19.4 Å². The number of amides is 2. The number of anilines is 2. The van der Waals surface area contributed by atoms with Gasteiger partial charge in [0.15, 0.2) is 11.5 Å². The molecule has 0 saturated heterocycles. The van der Waals surface area contributed by atoms with E-state index in [0.717, 1.165) is 0 Å². The van der Waals surface area contributed by atoms with Gasteiger partial charge in [0.1, 0.15) is 11.3 Å². The molecular weight excluding hydrogens is 417 g/mol. The molecule has 10 nitrogen and oxygen atoms in total. The van der Waals surface area contributed by atoms with Crippen LogP contribution in [-0.2, 0) is 16.6 Å². The largest absolute Gasteiger partial charge is 0.441 e. The number of nitrogens with one attached hydrogen (secondary N) is 2. The molecule has 3 rings (SSSR count). The SMILES string of the molecule is CC(=O)Nc1ccc(-c2nnn(C)c2NC(=O)O[C@H](C)c2cccnc2Cl)nc1F. The van der Waals surface area contributed by atoms with Gasteiger partial charge in [0.2, 0.25) is 11.9 Å². The minimum atomic E-state index is -0.901. The van der Waals surface area contributed by atoms with Crippen LogP contribution in [0.3, 0.4) is 0 Å². The summed E-state index contributed by atoms with van der Waals surface area (Å²) in [5, 5.41) is 12.8. The van der Waals surface area contributed by atoms with Crippen molar-refractivity contribution in [2.45, 2.75) is 20.0 Å². The highest BCUT2D eigenvalue weighted by Crippen LogP contribution is 2.27. The lowest BCUT2D eigenvalue weighted by Crippen LogP contribution is -2.18. The number of carbonyl (C=O) groups is 2. The van der Waals surface area contributed by atoms with Gasteiger partial charge in [-0.3, -0.25) is 10.1 Å². The van der Waals surface area contributed by atoms with E-state index in [0.29, 0.717) is 5.56 Å². The molecule has 12 heteroatoms. The molecule has 0 aliphatic rings. The Morgan fingerprint density at radius 2 is 2.03 bits per heavy atom. The van der Waals surface area contributed by atoms with Crippen LogP contribution in [0.4, 0.5) is 20.7 Å². The first-order valence-corrected chi connectivity index (χ1v) is 9.06. The molecule has 0 bridgehead atoms. The van der Waals surface area contributed by atoms with Crippen molar-refractivity contribution in [2.24, 2.45) is 7.05 Å². The fraction of sp³-hybridized carbons (Fsp3) is 0.222. The minimum Gasteiger partial charge on any atom is -0.441 e. The Morgan fingerprint density at radius 3 is 2.70 bits per heavy atom. The number of ether oxygens (including phenoxy) is 1. The van der Waals surface area contributed by atoms with E-state index in [1.54, 1.807) is 19.1 Å². The maximum atomic E-state index is 14.2. The average Bonchev–Trinajstić information content (AvgIpc) is 3.03. The lowest BCUT2D eigenvalue weighted by molar-refractivity contribution is -0.114. The predicted octanol–water partition coefficient (Wildman–Crippen LogP) is 3.33. The molecule has 0 spiro atoms. The van der Waals surface area contributed by atoms with Crippen molar-refractivity contribution in [1.29, 1.82) is 0 Å². The third-order valence-corrected chi connectivity index (χ3v) is 4.27. The molecule has 2 amide bonds. The zero-order valence-corrected chi connectivity index (χ0v) is 16.9. The Kier molecular flexibility index (Phi) is 6.21. The summed E-state index contributed by atoms with van der Waals surface area (Å²) in [4.78, 5) is 31.2. The van der Waals surface area contributed by atoms with Crippen LogP contribution in [0.5, 0.6) is 0 Å². The molecule has 0 aliphatic heterocycles. The van der Waals surface area contributed by atoms with Gasteiger partial charge < -0.3 is 10.1 Å². The molecule has 156 valence electrons. The summed E-state index contributed by atoms with van der Waals surface area (Å²) >= 11 is 6.02. The monoisotopic (exact) mass is 433 g/mol. The lowest BCUT2D eigenvalue weighted by Gasteiger charge is -2.15. The van der Waals surface area contributed by atoms with Gasteiger partial charge in [-0.15, -0.1) is 5.10 Å². The van der Waals surface area contributed by atoms with Gasteiger partial charge >= 0.3 is 6.09 Å².